The van der Waals surface area contributed by atoms with Gasteiger partial charge >= 0.3 is 0 Å². The second-order valence-electron chi connectivity index (χ2n) is 7.29. The average Bonchev–Trinajstić information content (AvgIpc) is 2.44. The van der Waals surface area contributed by atoms with E-state index < -0.39 is 5.60 Å². The summed E-state index contributed by atoms with van der Waals surface area (Å²) in [6, 6.07) is 6.42. The molecule has 1 aromatic carbocycles. The zero-order chi connectivity index (χ0) is 14.1. The van der Waals surface area contributed by atoms with Crippen molar-refractivity contribution in [3.8, 4) is 0 Å². The summed E-state index contributed by atoms with van der Waals surface area (Å²) in [7, 11) is 0. The number of hydrogen-bond acceptors (Lipinski definition) is 1. The van der Waals surface area contributed by atoms with Gasteiger partial charge in [0.1, 0.15) is 0 Å². The third-order valence-electron chi connectivity index (χ3n) is 4.91. The Morgan fingerprint density at radius 3 is 2.26 bits per heavy atom. The first-order chi connectivity index (χ1) is 8.81. The molecule has 1 nitrogen and oxygen atoms in total. The Balaban J connectivity index is 2.17. The van der Waals surface area contributed by atoms with E-state index >= 15 is 0 Å². The summed E-state index contributed by atoms with van der Waals surface area (Å²) in [5.41, 5.74) is 3.88. The Bertz CT molecular complexity index is 427. The highest BCUT2D eigenvalue weighted by Crippen LogP contribution is 2.39. The van der Waals surface area contributed by atoms with Gasteiger partial charge in [0.25, 0.3) is 0 Å². The van der Waals surface area contributed by atoms with E-state index in [4.69, 9.17) is 0 Å². The molecule has 1 saturated carbocycles. The van der Waals surface area contributed by atoms with Crippen LogP contribution in [0.1, 0.15) is 62.6 Å². The molecular formula is C18H28O. The van der Waals surface area contributed by atoms with Crippen LogP contribution in [0, 0.1) is 19.3 Å². The highest BCUT2D eigenvalue weighted by Gasteiger charge is 2.34. The lowest BCUT2D eigenvalue weighted by Gasteiger charge is -2.29. The molecule has 0 radical (unpaired) electrons. The predicted octanol–water partition coefficient (Wildman–Crippen LogP) is 4.57. The van der Waals surface area contributed by atoms with E-state index in [1.807, 2.05) is 0 Å². The van der Waals surface area contributed by atoms with Crippen molar-refractivity contribution < 1.29 is 5.11 Å². The van der Waals surface area contributed by atoms with Crippen LogP contribution in [0.5, 0.6) is 0 Å². The molecule has 0 heterocycles. The van der Waals surface area contributed by atoms with Crippen LogP contribution in [0.15, 0.2) is 18.2 Å². The summed E-state index contributed by atoms with van der Waals surface area (Å²) in [6.45, 7) is 8.98. The molecule has 0 saturated heterocycles. The maximum atomic E-state index is 11.0. The van der Waals surface area contributed by atoms with Gasteiger partial charge in [0.2, 0.25) is 0 Å². The molecule has 0 aliphatic heterocycles. The summed E-state index contributed by atoms with van der Waals surface area (Å²) >= 11 is 0. The van der Waals surface area contributed by atoms with Gasteiger partial charge in [-0.3, -0.25) is 0 Å². The molecule has 1 aromatic rings. The van der Waals surface area contributed by atoms with Crippen molar-refractivity contribution in [2.24, 2.45) is 5.41 Å². The fourth-order valence-electron chi connectivity index (χ4n) is 3.35. The maximum absolute atomic E-state index is 11.0. The van der Waals surface area contributed by atoms with Crippen molar-refractivity contribution >= 4 is 0 Å². The first-order valence-electron chi connectivity index (χ1n) is 7.59. The second kappa shape index (κ2) is 5.28. The van der Waals surface area contributed by atoms with Gasteiger partial charge in [0, 0.05) is 6.42 Å². The minimum Gasteiger partial charge on any atom is -0.390 e. The fourth-order valence-corrected chi connectivity index (χ4v) is 3.35. The molecule has 0 amide bonds. The van der Waals surface area contributed by atoms with E-state index in [1.165, 1.54) is 23.1 Å². The first-order valence-corrected chi connectivity index (χ1v) is 7.59. The first kappa shape index (κ1) is 14.6. The maximum Gasteiger partial charge on any atom is 0.0688 e. The standard InChI is InChI=1S/C18H28O/c1-14-7-5-8-15(2)16(14)13-18(19)10-6-9-17(3,4)11-12-18/h5,7-8,19H,6,9-13H2,1-4H3. The minimum atomic E-state index is -0.495. The van der Waals surface area contributed by atoms with Crippen molar-refractivity contribution in [3.63, 3.8) is 0 Å². The third-order valence-corrected chi connectivity index (χ3v) is 4.91. The summed E-state index contributed by atoms with van der Waals surface area (Å²) in [4.78, 5) is 0. The van der Waals surface area contributed by atoms with Crippen LogP contribution in [0.25, 0.3) is 0 Å². The quantitative estimate of drug-likeness (QED) is 0.772. The van der Waals surface area contributed by atoms with Crippen molar-refractivity contribution in [1.29, 1.82) is 0 Å². The fraction of sp³-hybridized carbons (Fsp3) is 0.667. The molecule has 1 aliphatic rings. The number of aliphatic hydroxyl groups is 1. The zero-order valence-corrected chi connectivity index (χ0v) is 12.9. The topological polar surface area (TPSA) is 20.2 Å². The van der Waals surface area contributed by atoms with Crippen LogP contribution < -0.4 is 0 Å². The molecule has 0 aromatic heterocycles. The van der Waals surface area contributed by atoms with E-state index in [0.29, 0.717) is 5.41 Å². The number of rotatable bonds is 2. The molecule has 106 valence electrons. The van der Waals surface area contributed by atoms with Crippen LogP contribution in [-0.2, 0) is 6.42 Å². The van der Waals surface area contributed by atoms with Gasteiger partial charge in [-0.1, -0.05) is 38.5 Å². The SMILES string of the molecule is Cc1cccc(C)c1CC1(O)CCCC(C)(C)CC1. The van der Waals surface area contributed by atoms with Crippen LogP contribution in [0.3, 0.4) is 0 Å². The monoisotopic (exact) mass is 260 g/mol. The summed E-state index contributed by atoms with van der Waals surface area (Å²) in [5.74, 6) is 0. The lowest BCUT2D eigenvalue weighted by molar-refractivity contribution is 0.0223. The highest BCUT2D eigenvalue weighted by molar-refractivity contribution is 5.34. The van der Waals surface area contributed by atoms with Crippen molar-refractivity contribution in [2.75, 3.05) is 0 Å². The molecule has 1 fully saturated rings. The van der Waals surface area contributed by atoms with E-state index in [0.717, 1.165) is 32.1 Å². The summed E-state index contributed by atoms with van der Waals surface area (Å²) < 4.78 is 0. The average molecular weight is 260 g/mol. The van der Waals surface area contributed by atoms with Gasteiger partial charge in [0.15, 0.2) is 0 Å². The lowest BCUT2D eigenvalue weighted by atomic mass is 9.82. The Labute approximate surface area is 118 Å². The number of benzene rings is 1. The predicted molar refractivity (Wildman–Crippen MR) is 81.4 cm³/mol. The molecule has 2 rings (SSSR count). The molecule has 1 aliphatic carbocycles. The Morgan fingerprint density at radius 2 is 1.63 bits per heavy atom. The second-order valence-corrected chi connectivity index (χ2v) is 7.29. The zero-order valence-electron chi connectivity index (χ0n) is 12.9. The van der Waals surface area contributed by atoms with Crippen LogP contribution in [0.2, 0.25) is 0 Å². The van der Waals surface area contributed by atoms with Gasteiger partial charge in [-0.25, -0.2) is 0 Å². The molecule has 0 spiro atoms. The van der Waals surface area contributed by atoms with E-state index in [2.05, 4.69) is 45.9 Å². The number of hydrogen-bond donors (Lipinski definition) is 1. The summed E-state index contributed by atoms with van der Waals surface area (Å²) in [5, 5.41) is 11.0. The highest BCUT2D eigenvalue weighted by atomic mass is 16.3. The molecule has 1 N–H and O–H groups in total. The Hall–Kier alpha value is -0.820. The van der Waals surface area contributed by atoms with Gasteiger partial charge in [-0.15, -0.1) is 0 Å². The number of aryl methyl sites for hydroxylation is 2. The van der Waals surface area contributed by atoms with Crippen molar-refractivity contribution in [2.45, 2.75) is 71.8 Å². The molecule has 1 atom stereocenters. The molecule has 1 heteroatoms. The minimum absolute atomic E-state index is 0.394. The third kappa shape index (κ3) is 3.60. The van der Waals surface area contributed by atoms with Gasteiger partial charge in [-0.2, -0.15) is 0 Å². The molecule has 0 bridgehead atoms. The van der Waals surface area contributed by atoms with E-state index in [-0.39, 0.29) is 0 Å². The lowest BCUT2D eigenvalue weighted by Crippen LogP contribution is -2.31. The van der Waals surface area contributed by atoms with Crippen molar-refractivity contribution in [1.82, 2.24) is 0 Å². The molecule has 1 unspecified atom stereocenters. The van der Waals surface area contributed by atoms with Crippen LogP contribution in [0.4, 0.5) is 0 Å². The molecule has 19 heavy (non-hydrogen) atoms. The van der Waals surface area contributed by atoms with E-state index in [9.17, 15) is 5.11 Å². The smallest absolute Gasteiger partial charge is 0.0688 e. The van der Waals surface area contributed by atoms with Crippen LogP contribution >= 0.6 is 0 Å². The van der Waals surface area contributed by atoms with Gasteiger partial charge < -0.3 is 5.11 Å². The Morgan fingerprint density at radius 1 is 1.00 bits per heavy atom. The van der Waals surface area contributed by atoms with Crippen LogP contribution in [-0.4, -0.2) is 10.7 Å². The largest absolute Gasteiger partial charge is 0.390 e. The van der Waals surface area contributed by atoms with Gasteiger partial charge in [0.05, 0.1) is 5.60 Å². The normalized spacial score (nSPS) is 27.0. The molecular weight excluding hydrogens is 232 g/mol. The van der Waals surface area contributed by atoms with E-state index in [1.54, 1.807) is 0 Å². The Kier molecular flexibility index (Phi) is 4.06. The summed E-state index contributed by atoms with van der Waals surface area (Å²) in [6.07, 6.45) is 6.23. The van der Waals surface area contributed by atoms with Gasteiger partial charge in [-0.05, 0) is 61.6 Å². The van der Waals surface area contributed by atoms with Crippen molar-refractivity contribution in [3.05, 3.63) is 34.9 Å².